The van der Waals surface area contributed by atoms with Crippen LogP contribution >= 0.6 is 24.4 Å². The number of hydrogen-bond donors (Lipinski definition) is 2. The molecule has 0 bridgehead atoms. The van der Waals surface area contributed by atoms with Gasteiger partial charge >= 0.3 is 0 Å². The average molecular weight is 1320 g/mol. The maximum atomic E-state index is 14.1. The molecular formula is C71H74N14O4S4. The molecule has 2 aromatic heterocycles. The molecule has 3 aliphatic rings. The van der Waals surface area contributed by atoms with Gasteiger partial charge in [0.15, 0.2) is 10.2 Å². The number of benzene rings is 7. The molecule has 3 fully saturated rings. The van der Waals surface area contributed by atoms with E-state index < -0.39 is 20.0 Å². The van der Waals surface area contributed by atoms with Gasteiger partial charge in [-0.1, -0.05) is 110 Å². The third-order valence-corrected chi connectivity index (χ3v) is 21.5. The summed E-state index contributed by atoms with van der Waals surface area (Å²) in [7, 11) is -7.78. The van der Waals surface area contributed by atoms with Crippen LogP contribution in [-0.2, 0) is 52.8 Å². The third kappa shape index (κ3) is 16.6. The van der Waals surface area contributed by atoms with E-state index in [9.17, 15) is 16.8 Å². The summed E-state index contributed by atoms with van der Waals surface area (Å²) in [4.78, 5) is 18.2. The van der Waals surface area contributed by atoms with Gasteiger partial charge in [0.05, 0.1) is 81.6 Å². The lowest BCUT2D eigenvalue weighted by atomic mass is 9.96. The molecule has 0 unspecified atom stereocenters. The predicted octanol–water partition coefficient (Wildman–Crippen LogP) is 10.9. The summed E-state index contributed by atoms with van der Waals surface area (Å²) in [6.07, 6.45) is 13.1. The van der Waals surface area contributed by atoms with Crippen LogP contribution in [0.15, 0.2) is 223 Å². The number of nitrogens with one attached hydrogen (secondary N) is 2. The largest absolute Gasteiger partial charge is 0.368 e. The highest BCUT2D eigenvalue weighted by atomic mass is 32.2. The number of imidazole rings is 2. The zero-order valence-corrected chi connectivity index (χ0v) is 54.9. The molecule has 12 rings (SSSR count). The van der Waals surface area contributed by atoms with E-state index in [1.807, 2.05) is 106 Å². The van der Waals surface area contributed by atoms with Gasteiger partial charge in [-0.05, 0) is 151 Å². The Balaban J connectivity index is 0.000000190. The van der Waals surface area contributed by atoms with Crippen LogP contribution in [0.4, 0.5) is 22.7 Å². The minimum atomic E-state index is -3.89. The van der Waals surface area contributed by atoms with Gasteiger partial charge in [0.2, 0.25) is 0 Å². The molecule has 18 nitrogen and oxygen atoms in total. The van der Waals surface area contributed by atoms with Gasteiger partial charge in [-0.2, -0.15) is 10.5 Å². The fourth-order valence-electron chi connectivity index (χ4n) is 11.8. The van der Waals surface area contributed by atoms with Crippen molar-refractivity contribution in [2.45, 2.75) is 80.7 Å². The smallest absolute Gasteiger partial charge is 0.264 e. The zero-order chi connectivity index (χ0) is 64.6. The number of thiocarbonyl (C=S) groups is 2. The van der Waals surface area contributed by atoms with Crippen LogP contribution in [0.3, 0.4) is 0 Å². The maximum Gasteiger partial charge on any atom is 0.264 e. The van der Waals surface area contributed by atoms with Crippen molar-refractivity contribution in [3.05, 3.63) is 252 Å². The number of nitrogens with zero attached hydrogens (tertiary/aromatic N) is 12. The van der Waals surface area contributed by atoms with Gasteiger partial charge in [0.1, 0.15) is 0 Å². The Bertz CT molecular complexity index is 4240. The van der Waals surface area contributed by atoms with Gasteiger partial charge in [-0.15, -0.1) is 0 Å². The molecule has 7 aromatic carbocycles. The first kappa shape index (κ1) is 64.9. The summed E-state index contributed by atoms with van der Waals surface area (Å²) in [6, 6.07) is 62.2. The van der Waals surface area contributed by atoms with E-state index in [-0.39, 0.29) is 22.9 Å². The van der Waals surface area contributed by atoms with Crippen LogP contribution in [0.25, 0.3) is 0 Å². The number of rotatable bonds is 19. The minimum absolute atomic E-state index is 0.0962. The average Bonchev–Trinajstić information content (AvgIpc) is 1.68. The van der Waals surface area contributed by atoms with Gasteiger partial charge in [0.25, 0.3) is 20.0 Å². The van der Waals surface area contributed by atoms with Gasteiger partial charge in [-0.3, -0.25) is 8.61 Å². The summed E-state index contributed by atoms with van der Waals surface area (Å²) in [5.74, 6) is 0. The summed E-state index contributed by atoms with van der Waals surface area (Å²) < 4.78 is 63.0. The minimum Gasteiger partial charge on any atom is -0.368 e. The highest BCUT2D eigenvalue weighted by molar-refractivity contribution is 7.93. The number of anilines is 4. The molecule has 0 radical (unpaired) electrons. The van der Waals surface area contributed by atoms with Crippen molar-refractivity contribution in [3.63, 3.8) is 0 Å². The first-order valence-electron chi connectivity index (χ1n) is 31.2. The van der Waals surface area contributed by atoms with Crippen LogP contribution in [0.1, 0.15) is 71.3 Å². The lowest BCUT2D eigenvalue weighted by Gasteiger charge is -2.38. The van der Waals surface area contributed by atoms with E-state index in [4.69, 9.17) is 35.0 Å². The first-order valence-corrected chi connectivity index (χ1v) is 34.9. The quantitative estimate of drug-likeness (QED) is 0.0725. The van der Waals surface area contributed by atoms with Crippen molar-refractivity contribution >= 4 is 77.5 Å². The second-order valence-electron chi connectivity index (χ2n) is 23.2. The predicted molar refractivity (Wildman–Crippen MR) is 374 cm³/mol. The van der Waals surface area contributed by atoms with E-state index in [2.05, 4.69) is 64.5 Å². The molecule has 2 N–H and O–H groups in total. The number of sulfonamides is 2. The normalized spacial score (nSPS) is 14.4. The molecular weight excluding hydrogens is 1240 g/mol. The van der Waals surface area contributed by atoms with E-state index in [0.29, 0.717) is 48.2 Å². The Kier molecular flexibility index (Phi) is 21.4. The third-order valence-electron chi connectivity index (χ3n) is 17.1. The lowest BCUT2D eigenvalue weighted by molar-refractivity contribution is 0.355. The van der Waals surface area contributed by atoms with E-state index >= 15 is 0 Å². The SMILES string of the molecule is N#Cc1ccc(Cn2cncc2CN(c2ccc(N3CCN(C(=S)NC4CCCCC4)CC3)cc2)S(=O)(=O)c2ccccc2)cc1.N#Cc1ccc(Cn2cncc2CN(c2ccc(N3CCN(C(=S)NCc4ccccc4)CC3)cc2)S(=O)(=O)c2ccccc2)cc1. The van der Waals surface area contributed by atoms with Gasteiger partial charge in [0, 0.05) is 102 Å². The molecule has 4 heterocycles. The monoisotopic (exact) mass is 1310 g/mol. The number of piperazine rings is 2. The van der Waals surface area contributed by atoms with Crippen molar-refractivity contribution in [1.82, 2.24) is 39.5 Å². The van der Waals surface area contributed by atoms with Crippen molar-refractivity contribution in [2.75, 3.05) is 70.8 Å². The summed E-state index contributed by atoms with van der Waals surface area (Å²) in [6.45, 7) is 8.45. The topological polar surface area (TPSA) is 195 Å². The Hall–Kier alpha value is -9.58. The molecule has 0 spiro atoms. The highest BCUT2D eigenvalue weighted by Gasteiger charge is 2.30. The molecule has 476 valence electrons. The van der Waals surface area contributed by atoms with Crippen LogP contribution in [0.2, 0.25) is 0 Å². The van der Waals surface area contributed by atoms with Crippen LogP contribution in [0, 0.1) is 22.7 Å². The molecule has 1 saturated carbocycles. The van der Waals surface area contributed by atoms with E-state index in [1.165, 1.54) is 46.3 Å². The van der Waals surface area contributed by atoms with E-state index in [1.54, 1.807) is 104 Å². The number of aromatic nitrogens is 4. The Morgan fingerprint density at radius 3 is 1.29 bits per heavy atom. The number of hydrogen-bond acceptors (Lipinski definition) is 12. The molecule has 0 atom stereocenters. The lowest BCUT2D eigenvalue weighted by Crippen LogP contribution is -2.53. The first-order chi connectivity index (χ1) is 45.3. The Morgan fingerprint density at radius 1 is 0.484 bits per heavy atom. The fourth-order valence-corrected chi connectivity index (χ4v) is 15.3. The van der Waals surface area contributed by atoms with Gasteiger partial charge < -0.3 is 39.4 Å². The molecule has 2 saturated heterocycles. The van der Waals surface area contributed by atoms with Crippen LogP contribution in [0.5, 0.6) is 0 Å². The molecule has 0 amide bonds. The highest BCUT2D eigenvalue weighted by Crippen LogP contribution is 2.32. The maximum absolute atomic E-state index is 14.1. The summed E-state index contributed by atoms with van der Waals surface area (Å²) >= 11 is 11.4. The van der Waals surface area contributed by atoms with E-state index in [0.717, 1.165) is 96.5 Å². The van der Waals surface area contributed by atoms with Crippen molar-refractivity contribution in [3.8, 4) is 12.1 Å². The molecule has 2 aliphatic heterocycles. The molecule has 9 aromatic rings. The van der Waals surface area contributed by atoms with Crippen molar-refractivity contribution < 1.29 is 16.8 Å². The van der Waals surface area contributed by atoms with Crippen LogP contribution in [-0.4, -0.2) is 114 Å². The summed E-state index contributed by atoms with van der Waals surface area (Å²) in [5.41, 5.74) is 9.06. The molecule has 1 aliphatic carbocycles. The standard InChI is InChI=1S/C36H35N7O2S2.C35H39N7O2S2/c37-23-29-11-13-31(14-12-29)26-42-28-38-25-34(42)27-43(47(44,45)35-9-5-2-6-10-35)33-17-15-32(16-18-33)40-19-21-41(22-20-40)36(46)39-24-30-7-3-1-4-8-30;36-23-28-11-13-29(14-12-28)25-41-27-37-24-33(41)26-42(46(43,44)34-9-5-2-6-10-34)32-17-15-31(16-18-32)39-19-21-40(22-20-39)35(45)38-30-7-3-1-4-8-30/h1-18,25,28H,19-22,24,26-27H2,(H,39,46);2,5-6,9-18,24,27,30H,1,3-4,7-8,19-22,25-26H2,(H,38,45). The Morgan fingerprint density at radius 2 is 0.882 bits per heavy atom. The Labute approximate surface area is 556 Å². The zero-order valence-electron chi connectivity index (χ0n) is 51.6. The second-order valence-corrected chi connectivity index (χ2v) is 27.7. The second kappa shape index (κ2) is 30.7. The van der Waals surface area contributed by atoms with Crippen molar-refractivity contribution in [2.24, 2.45) is 0 Å². The molecule has 93 heavy (non-hydrogen) atoms. The van der Waals surface area contributed by atoms with Crippen molar-refractivity contribution in [1.29, 1.82) is 10.5 Å². The van der Waals surface area contributed by atoms with Crippen LogP contribution < -0.4 is 29.0 Å². The fraction of sp³-hybridized carbons (Fsp3) is 0.268. The number of nitriles is 2. The summed E-state index contributed by atoms with van der Waals surface area (Å²) in [5, 5.41) is 26.9. The van der Waals surface area contributed by atoms with Gasteiger partial charge in [-0.25, -0.2) is 26.8 Å². The molecule has 22 heteroatoms.